The number of rotatable bonds is 8. The highest BCUT2D eigenvalue weighted by atomic mass is 32.1. The number of anilines is 6. The lowest BCUT2D eigenvalue weighted by atomic mass is 9.81. The Morgan fingerprint density at radius 3 is 1.40 bits per heavy atom. The molecule has 4 heteroatoms. The number of thiophene rings is 2. The summed E-state index contributed by atoms with van der Waals surface area (Å²) in [6.07, 6.45) is 0. The number of fused-ring (bicyclic) bond motifs is 5. The Labute approximate surface area is 321 Å². The third-order valence-corrected chi connectivity index (χ3v) is 12.9. The molecule has 0 atom stereocenters. The summed E-state index contributed by atoms with van der Waals surface area (Å²) < 4.78 is 0. The van der Waals surface area contributed by atoms with Crippen LogP contribution in [0.2, 0.25) is 0 Å². The second kappa shape index (κ2) is 13.1. The first-order valence-corrected chi connectivity index (χ1v) is 20.5. The normalized spacial score (nSPS) is 13.2. The Balaban J connectivity index is 1.44. The zero-order chi connectivity index (χ0) is 36.4. The van der Waals surface area contributed by atoms with Crippen LogP contribution >= 0.6 is 22.7 Å². The standard InChI is InChI=1S/C49H44N2S2/c1-31(2)33-19-23-35(24-20-33)50(45-17-11-27-52-45)47-38-14-7-8-15-39(38)48(51(46-18-12-28-53-46)36-25-21-34(22-26-36)32(3)4)42-30-44-40(29-41(42)47)37-13-9-10-16-43(37)49(44,5)6/h7-32H,1-6H3. The van der Waals surface area contributed by atoms with E-state index in [1.54, 1.807) is 22.7 Å². The van der Waals surface area contributed by atoms with Gasteiger partial charge in [-0.3, -0.25) is 0 Å². The molecule has 9 rings (SSSR count). The number of nitrogens with zero attached hydrogens (tertiary/aromatic N) is 2. The van der Waals surface area contributed by atoms with Crippen molar-refractivity contribution in [2.45, 2.75) is 58.8 Å². The molecule has 0 N–H and O–H groups in total. The molecule has 0 aliphatic heterocycles. The van der Waals surface area contributed by atoms with Crippen molar-refractivity contribution >= 4 is 77.0 Å². The van der Waals surface area contributed by atoms with Gasteiger partial charge in [0.1, 0.15) is 0 Å². The van der Waals surface area contributed by atoms with Gasteiger partial charge in [-0.2, -0.15) is 0 Å². The van der Waals surface area contributed by atoms with Gasteiger partial charge >= 0.3 is 0 Å². The lowest BCUT2D eigenvalue weighted by Crippen LogP contribution is -2.16. The zero-order valence-corrected chi connectivity index (χ0v) is 32.9. The van der Waals surface area contributed by atoms with Gasteiger partial charge in [0.25, 0.3) is 0 Å². The van der Waals surface area contributed by atoms with Crippen molar-refractivity contribution in [2.75, 3.05) is 9.80 Å². The summed E-state index contributed by atoms with van der Waals surface area (Å²) in [6.45, 7) is 13.8. The van der Waals surface area contributed by atoms with Gasteiger partial charge in [0, 0.05) is 38.3 Å². The Kier molecular flexibility index (Phi) is 8.29. The van der Waals surface area contributed by atoms with Crippen LogP contribution in [0.4, 0.5) is 32.8 Å². The number of hydrogen-bond acceptors (Lipinski definition) is 4. The summed E-state index contributed by atoms with van der Waals surface area (Å²) in [5.41, 5.74) is 12.7. The molecule has 0 spiro atoms. The summed E-state index contributed by atoms with van der Waals surface area (Å²) in [4.78, 5) is 5.02. The van der Waals surface area contributed by atoms with Crippen LogP contribution in [0, 0.1) is 0 Å². The summed E-state index contributed by atoms with van der Waals surface area (Å²) in [6, 6.07) is 50.4. The van der Waals surface area contributed by atoms with Gasteiger partial charge in [-0.05, 0) is 117 Å². The average molecular weight is 725 g/mol. The van der Waals surface area contributed by atoms with Gasteiger partial charge in [0.15, 0.2) is 0 Å². The highest BCUT2D eigenvalue weighted by molar-refractivity contribution is 7.14. The van der Waals surface area contributed by atoms with E-state index in [1.807, 2.05) is 0 Å². The largest absolute Gasteiger partial charge is 0.301 e. The maximum Gasteiger partial charge on any atom is 0.0999 e. The van der Waals surface area contributed by atoms with Crippen LogP contribution in [0.25, 0.3) is 32.7 Å². The molecular weight excluding hydrogens is 681 g/mol. The lowest BCUT2D eigenvalue weighted by Gasteiger charge is -2.32. The molecule has 1 aliphatic rings. The molecule has 1 aliphatic carbocycles. The second-order valence-electron chi connectivity index (χ2n) is 15.4. The van der Waals surface area contributed by atoms with Crippen molar-refractivity contribution < 1.29 is 0 Å². The van der Waals surface area contributed by atoms with Crippen molar-refractivity contribution in [3.8, 4) is 11.1 Å². The minimum absolute atomic E-state index is 0.143. The van der Waals surface area contributed by atoms with Gasteiger partial charge < -0.3 is 9.80 Å². The van der Waals surface area contributed by atoms with Gasteiger partial charge in [-0.15, -0.1) is 22.7 Å². The molecular formula is C49H44N2S2. The summed E-state index contributed by atoms with van der Waals surface area (Å²) >= 11 is 3.58. The van der Waals surface area contributed by atoms with E-state index < -0.39 is 0 Å². The van der Waals surface area contributed by atoms with Crippen LogP contribution in [-0.2, 0) is 5.41 Å². The van der Waals surface area contributed by atoms with E-state index in [9.17, 15) is 0 Å². The van der Waals surface area contributed by atoms with E-state index >= 15 is 0 Å². The average Bonchev–Trinajstić information content (AvgIpc) is 3.95. The zero-order valence-electron chi connectivity index (χ0n) is 31.2. The molecule has 53 heavy (non-hydrogen) atoms. The van der Waals surface area contributed by atoms with Crippen LogP contribution in [0.3, 0.4) is 0 Å². The topological polar surface area (TPSA) is 6.48 Å². The Bertz CT molecular complexity index is 2580. The fourth-order valence-corrected chi connectivity index (χ4v) is 9.86. The highest BCUT2D eigenvalue weighted by Crippen LogP contribution is 2.56. The van der Waals surface area contributed by atoms with Crippen molar-refractivity contribution in [1.82, 2.24) is 0 Å². The van der Waals surface area contributed by atoms with E-state index in [1.165, 1.54) is 82.0 Å². The van der Waals surface area contributed by atoms with E-state index in [0.717, 1.165) is 5.69 Å². The predicted molar refractivity (Wildman–Crippen MR) is 232 cm³/mol. The van der Waals surface area contributed by atoms with Crippen LogP contribution < -0.4 is 9.80 Å². The molecule has 0 saturated heterocycles. The molecule has 6 aromatic carbocycles. The molecule has 8 aromatic rings. The van der Waals surface area contributed by atoms with Crippen LogP contribution in [-0.4, -0.2) is 0 Å². The summed E-state index contributed by atoms with van der Waals surface area (Å²) in [5, 5.41) is 11.7. The first-order chi connectivity index (χ1) is 25.7. The minimum Gasteiger partial charge on any atom is -0.301 e. The van der Waals surface area contributed by atoms with E-state index in [0.29, 0.717) is 11.8 Å². The summed E-state index contributed by atoms with van der Waals surface area (Å²) in [7, 11) is 0. The van der Waals surface area contributed by atoms with Crippen molar-refractivity contribution in [1.29, 1.82) is 0 Å². The van der Waals surface area contributed by atoms with E-state index in [2.05, 4.69) is 196 Å². The van der Waals surface area contributed by atoms with Gasteiger partial charge in [0.05, 0.1) is 21.4 Å². The van der Waals surface area contributed by atoms with E-state index in [4.69, 9.17) is 0 Å². The second-order valence-corrected chi connectivity index (χ2v) is 17.3. The van der Waals surface area contributed by atoms with Crippen LogP contribution in [0.1, 0.15) is 75.6 Å². The molecule has 0 saturated carbocycles. The highest BCUT2D eigenvalue weighted by Gasteiger charge is 2.37. The first-order valence-electron chi connectivity index (χ1n) is 18.7. The molecule has 2 heterocycles. The van der Waals surface area contributed by atoms with Gasteiger partial charge in [-0.1, -0.05) is 114 Å². The Morgan fingerprint density at radius 1 is 0.453 bits per heavy atom. The molecule has 2 nitrogen and oxygen atoms in total. The molecule has 262 valence electrons. The molecule has 0 amide bonds. The number of hydrogen-bond donors (Lipinski definition) is 0. The van der Waals surface area contributed by atoms with Crippen molar-refractivity contribution in [2.24, 2.45) is 0 Å². The van der Waals surface area contributed by atoms with Crippen LogP contribution in [0.15, 0.2) is 144 Å². The molecule has 2 aromatic heterocycles. The fraction of sp³-hybridized carbons (Fsp3) is 0.184. The third kappa shape index (κ3) is 5.50. The van der Waals surface area contributed by atoms with Crippen molar-refractivity contribution in [3.05, 3.63) is 166 Å². The fourth-order valence-electron chi connectivity index (χ4n) is 8.35. The maximum absolute atomic E-state index is 2.54. The van der Waals surface area contributed by atoms with Gasteiger partial charge in [-0.25, -0.2) is 0 Å². The smallest absolute Gasteiger partial charge is 0.0999 e. The van der Waals surface area contributed by atoms with E-state index in [-0.39, 0.29) is 5.41 Å². The molecule has 0 bridgehead atoms. The summed E-state index contributed by atoms with van der Waals surface area (Å²) in [5.74, 6) is 0.925. The quantitative estimate of drug-likeness (QED) is 0.114. The molecule has 0 unspecified atom stereocenters. The minimum atomic E-state index is -0.143. The Hall–Kier alpha value is -5.16. The monoisotopic (exact) mass is 724 g/mol. The molecule has 0 radical (unpaired) electrons. The van der Waals surface area contributed by atoms with Gasteiger partial charge in [0.2, 0.25) is 0 Å². The number of benzene rings is 6. The predicted octanol–water partition coefficient (Wildman–Crippen LogP) is 15.6. The Morgan fingerprint density at radius 2 is 0.925 bits per heavy atom. The molecule has 0 fully saturated rings. The maximum atomic E-state index is 2.54. The van der Waals surface area contributed by atoms with Crippen LogP contribution in [0.5, 0.6) is 0 Å². The van der Waals surface area contributed by atoms with Crippen molar-refractivity contribution in [3.63, 3.8) is 0 Å². The first kappa shape index (κ1) is 33.7. The third-order valence-electron chi connectivity index (χ3n) is 11.2. The SMILES string of the molecule is CC(C)c1ccc(N(c2cccs2)c2c3ccccc3c(N(c3ccc(C(C)C)cc3)c3cccs3)c3cc4c(cc23)-c2ccccc2C4(C)C)cc1. The lowest BCUT2D eigenvalue weighted by molar-refractivity contribution is 0.661.